The third-order valence-electron chi connectivity index (χ3n) is 7.24. The molecule has 0 radical (unpaired) electrons. The molecule has 33 heavy (non-hydrogen) atoms. The van der Waals surface area contributed by atoms with Gasteiger partial charge in [-0.2, -0.15) is 0 Å². The van der Waals surface area contributed by atoms with Crippen LogP contribution in [0.3, 0.4) is 0 Å². The minimum Gasteiger partial charge on any atom is -0.497 e. The van der Waals surface area contributed by atoms with Crippen LogP contribution in [0.2, 0.25) is 13.1 Å². The fourth-order valence-corrected chi connectivity index (χ4v) is 9.19. The second kappa shape index (κ2) is 9.06. The molecule has 0 spiro atoms. The lowest BCUT2D eigenvalue weighted by molar-refractivity contribution is 0.351. The van der Waals surface area contributed by atoms with Crippen LogP contribution in [0.4, 0.5) is 0 Å². The van der Waals surface area contributed by atoms with Crippen LogP contribution in [-0.4, -0.2) is 39.8 Å². The van der Waals surface area contributed by atoms with Gasteiger partial charge in [-0.1, -0.05) is 70.8 Å². The van der Waals surface area contributed by atoms with E-state index in [1.54, 1.807) is 7.11 Å². The Hall–Kier alpha value is -2.46. The molecule has 1 aliphatic carbocycles. The van der Waals surface area contributed by atoms with E-state index in [4.69, 9.17) is 9.47 Å². The van der Waals surface area contributed by atoms with Crippen LogP contribution in [0.25, 0.3) is 6.08 Å². The van der Waals surface area contributed by atoms with E-state index >= 15 is 0 Å². The Morgan fingerprint density at radius 3 is 2.45 bits per heavy atom. The van der Waals surface area contributed by atoms with Gasteiger partial charge in [0.15, 0.2) is 0 Å². The van der Waals surface area contributed by atoms with Gasteiger partial charge in [-0.3, -0.25) is 0 Å². The molecular formula is C29H39NO2Si. The van der Waals surface area contributed by atoms with Gasteiger partial charge in [-0.05, 0) is 52.8 Å². The minimum absolute atomic E-state index is 0.0640. The van der Waals surface area contributed by atoms with E-state index < -0.39 is 8.07 Å². The van der Waals surface area contributed by atoms with Crippen LogP contribution in [-0.2, 0) is 5.41 Å². The van der Waals surface area contributed by atoms with Crippen LogP contribution < -0.4 is 14.7 Å². The second-order valence-electron chi connectivity index (χ2n) is 10.9. The van der Waals surface area contributed by atoms with E-state index in [1.807, 2.05) is 6.08 Å². The molecule has 1 heterocycles. The molecule has 3 nitrogen and oxygen atoms in total. The maximum Gasteiger partial charge on any atom is 0.123 e. The van der Waals surface area contributed by atoms with Crippen molar-refractivity contribution < 1.29 is 9.47 Å². The summed E-state index contributed by atoms with van der Waals surface area (Å²) in [6.07, 6.45) is 6.86. The summed E-state index contributed by atoms with van der Waals surface area (Å²) in [6.45, 7) is 18.5. The molecule has 176 valence electrons. The van der Waals surface area contributed by atoms with Crippen LogP contribution in [0.15, 0.2) is 54.8 Å². The molecule has 4 heteroatoms. The molecule has 0 amide bonds. The predicted octanol–water partition coefficient (Wildman–Crippen LogP) is 6.25. The first-order valence-electron chi connectivity index (χ1n) is 12.2. The molecule has 0 aromatic heterocycles. The summed E-state index contributed by atoms with van der Waals surface area (Å²) >= 11 is 0. The van der Waals surface area contributed by atoms with E-state index in [-0.39, 0.29) is 5.41 Å². The molecule has 2 aliphatic rings. The number of benzene rings is 2. The standard InChI is InChI=1S/C29H39NO2Si/c1-8-17-32-27-24(29(2,3)4)19-22(31-5)20-26(27)33(6,7)28-23-14-10-9-13-21(23)18-25(28)30-15-11-12-16-30/h8-10,13-14,18-20,28H,1,11-12,15-17H2,2-7H3. The number of hydrogen-bond acceptors (Lipinski definition) is 3. The maximum atomic E-state index is 6.47. The molecule has 2 aromatic carbocycles. The van der Waals surface area contributed by atoms with E-state index in [9.17, 15) is 0 Å². The fourth-order valence-electron chi connectivity index (χ4n) is 5.52. The first-order valence-corrected chi connectivity index (χ1v) is 15.3. The molecule has 1 fully saturated rings. The first-order chi connectivity index (χ1) is 15.7. The van der Waals surface area contributed by atoms with E-state index in [1.165, 1.54) is 40.4 Å². The molecular weight excluding hydrogens is 422 g/mol. The molecule has 1 atom stereocenters. The third-order valence-corrected chi connectivity index (χ3v) is 11.1. The van der Waals surface area contributed by atoms with Gasteiger partial charge < -0.3 is 14.4 Å². The van der Waals surface area contributed by atoms with Crippen molar-refractivity contribution in [2.24, 2.45) is 0 Å². The number of nitrogens with zero attached hydrogens (tertiary/aromatic N) is 1. The zero-order valence-corrected chi connectivity index (χ0v) is 22.2. The summed E-state index contributed by atoms with van der Waals surface area (Å²) in [5, 5.41) is 1.33. The summed E-state index contributed by atoms with van der Waals surface area (Å²) in [5.41, 5.74) is 5.87. The van der Waals surface area contributed by atoms with Crippen molar-refractivity contribution in [1.29, 1.82) is 0 Å². The number of hydrogen-bond donors (Lipinski definition) is 0. The number of ether oxygens (including phenoxy) is 2. The number of fused-ring (bicyclic) bond motifs is 1. The van der Waals surface area contributed by atoms with Crippen LogP contribution >= 0.6 is 0 Å². The Morgan fingerprint density at radius 2 is 1.82 bits per heavy atom. The lowest BCUT2D eigenvalue weighted by Gasteiger charge is -2.39. The lowest BCUT2D eigenvalue weighted by atomic mass is 9.86. The van der Waals surface area contributed by atoms with Crippen LogP contribution in [0.1, 0.15) is 55.8 Å². The van der Waals surface area contributed by atoms with Crippen LogP contribution in [0.5, 0.6) is 11.5 Å². The molecule has 0 N–H and O–H groups in total. The summed E-state index contributed by atoms with van der Waals surface area (Å²) in [6, 6.07) is 13.4. The van der Waals surface area contributed by atoms with Crippen LogP contribution in [0, 0.1) is 0 Å². The maximum absolute atomic E-state index is 6.47. The van der Waals surface area contributed by atoms with Gasteiger partial charge in [0.2, 0.25) is 0 Å². The molecule has 1 aliphatic heterocycles. The van der Waals surface area contributed by atoms with Gasteiger partial charge in [0.1, 0.15) is 18.1 Å². The van der Waals surface area contributed by atoms with Crippen molar-refractivity contribution in [3.05, 3.63) is 71.4 Å². The van der Waals surface area contributed by atoms with Gasteiger partial charge >= 0.3 is 0 Å². The number of methoxy groups -OCH3 is 1. The highest BCUT2D eigenvalue weighted by atomic mass is 28.3. The third kappa shape index (κ3) is 4.38. The number of likely N-dealkylation sites (tertiary alicyclic amines) is 1. The van der Waals surface area contributed by atoms with Crippen molar-refractivity contribution in [1.82, 2.24) is 4.90 Å². The average Bonchev–Trinajstić information content (AvgIpc) is 3.44. The molecule has 0 bridgehead atoms. The zero-order chi connectivity index (χ0) is 23.8. The molecule has 1 saturated heterocycles. The smallest absolute Gasteiger partial charge is 0.123 e. The molecule has 4 rings (SSSR count). The van der Waals surface area contributed by atoms with Crippen molar-refractivity contribution in [3.63, 3.8) is 0 Å². The van der Waals surface area contributed by atoms with Gasteiger partial charge in [0.05, 0.1) is 15.2 Å². The van der Waals surface area contributed by atoms with Crippen molar-refractivity contribution in [2.45, 2.75) is 57.7 Å². The summed E-state index contributed by atoms with van der Waals surface area (Å²) in [7, 11) is -0.361. The van der Waals surface area contributed by atoms with Crippen molar-refractivity contribution in [2.75, 3.05) is 26.8 Å². The van der Waals surface area contributed by atoms with E-state index in [0.29, 0.717) is 12.1 Å². The van der Waals surface area contributed by atoms with Gasteiger partial charge in [0.25, 0.3) is 0 Å². The van der Waals surface area contributed by atoms with E-state index in [2.05, 4.69) is 87.8 Å². The predicted molar refractivity (Wildman–Crippen MR) is 142 cm³/mol. The SMILES string of the molecule is C=CCOc1c(C(C)(C)C)cc(OC)cc1[Si](C)(C)C1C(N2CCCC2)=Cc2ccccc21. The monoisotopic (exact) mass is 461 g/mol. The Kier molecular flexibility index (Phi) is 6.50. The van der Waals surface area contributed by atoms with Gasteiger partial charge in [-0.15, -0.1) is 0 Å². The van der Waals surface area contributed by atoms with Gasteiger partial charge in [-0.25, -0.2) is 0 Å². The van der Waals surface area contributed by atoms with Crippen molar-refractivity contribution >= 4 is 19.3 Å². The largest absolute Gasteiger partial charge is 0.497 e. The highest BCUT2D eigenvalue weighted by molar-refractivity contribution is 6.92. The number of rotatable bonds is 7. The van der Waals surface area contributed by atoms with Gasteiger partial charge in [0, 0.05) is 29.9 Å². The van der Waals surface area contributed by atoms with Crippen molar-refractivity contribution in [3.8, 4) is 11.5 Å². The Bertz CT molecular complexity index is 1060. The fraction of sp³-hybridized carbons (Fsp3) is 0.448. The first kappa shape index (κ1) is 23.7. The Morgan fingerprint density at radius 1 is 1.12 bits per heavy atom. The lowest BCUT2D eigenvalue weighted by Crippen LogP contribution is -2.50. The second-order valence-corrected chi connectivity index (χ2v) is 15.5. The zero-order valence-electron chi connectivity index (χ0n) is 21.2. The highest BCUT2D eigenvalue weighted by Gasteiger charge is 2.45. The molecule has 0 saturated carbocycles. The summed E-state index contributed by atoms with van der Waals surface area (Å²) < 4.78 is 12.3. The quantitative estimate of drug-likeness (QED) is 0.359. The highest BCUT2D eigenvalue weighted by Crippen LogP contribution is 2.46. The minimum atomic E-state index is -2.13. The molecule has 1 unspecified atom stereocenters. The number of allylic oxidation sites excluding steroid dienone is 1. The van der Waals surface area contributed by atoms with E-state index in [0.717, 1.165) is 24.6 Å². The topological polar surface area (TPSA) is 21.7 Å². The molecule has 2 aromatic rings. The Balaban J connectivity index is 1.92. The Labute approximate surface area is 201 Å². The summed E-state index contributed by atoms with van der Waals surface area (Å²) in [5.74, 6) is 1.95. The average molecular weight is 462 g/mol. The summed E-state index contributed by atoms with van der Waals surface area (Å²) in [4.78, 5) is 2.63. The normalized spacial score (nSPS) is 18.2.